The smallest absolute Gasteiger partial charge is 0.220 e. The second-order valence-corrected chi connectivity index (χ2v) is 5.16. The van der Waals surface area contributed by atoms with Crippen molar-refractivity contribution in [2.75, 3.05) is 26.2 Å². The van der Waals surface area contributed by atoms with Gasteiger partial charge in [0.05, 0.1) is 6.04 Å². The molecule has 1 aliphatic heterocycles. The van der Waals surface area contributed by atoms with Crippen molar-refractivity contribution < 1.29 is 9.59 Å². The van der Waals surface area contributed by atoms with E-state index in [0.29, 0.717) is 19.5 Å². The van der Waals surface area contributed by atoms with Crippen molar-refractivity contribution in [3.8, 4) is 0 Å². The molecule has 0 saturated carbocycles. The molecule has 2 rings (SSSR count). The lowest BCUT2D eigenvalue weighted by Gasteiger charge is -2.41. The highest BCUT2D eigenvalue weighted by Crippen LogP contribution is 2.25. The quantitative estimate of drug-likeness (QED) is 0.882. The highest BCUT2D eigenvalue weighted by molar-refractivity contribution is 5.74. The van der Waals surface area contributed by atoms with E-state index in [2.05, 4.69) is 4.90 Å². The highest BCUT2D eigenvalue weighted by Gasteiger charge is 2.29. The van der Waals surface area contributed by atoms with E-state index in [0.717, 1.165) is 18.7 Å². The Hall–Kier alpha value is -1.88. The van der Waals surface area contributed by atoms with Crippen LogP contribution in [0.5, 0.6) is 0 Å². The Balaban J connectivity index is 2.10. The molecule has 0 bridgehead atoms. The van der Waals surface area contributed by atoms with Crippen molar-refractivity contribution in [1.29, 1.82) is 0 Å². The fourth-order valence-electron chi connectivity index (χ4n) is 2.65. The average Bonchev–Trinajstić information content (AvgIpc) is 2.45. The number of nitrogens with zero attached hydrogens (tertiary/aromatic N) is 2. The monoisotopic (exact) mass is 275 g/mol. The van der Waals surface area contributed by atoms with Gasteiger partial charge in [0.15, 0.2) is 0 Å². The number of carbonyl (C=O) groups excluding carboxylic acids is 2. The zero-order valence-electron chi connectivity index (χ0n) is 11.8. The predicted octanol–water partition coefficient (Wildman–Crippen LogP) is 0.767. The Labute approximate surface area is 119 Å². The Bertz CT molecular complexity index is 475. The largest absolute Gasteiger partial charge is 0.370 e. The number of rotatable bonds is 4. The molecule has 1 atom stereocenters. The number of hydrogen-bond acceptors (Lipinski definition) is 3. The van der Waals surface area contributed by atoms with Gasteiger partial charge in [0, 0.05) is 39.5 Å². The lowest BCUT2D eigenvalue weighted by atomic mass is 10.0. The van der Waals surface area contributed by atoms with E-state index in [-0.39, 0.29) is 17.9 Å². The SMILES string of the molecule is CC(=O)N1CCN(CCC(N)=O)C[C@@H]1c1ccccc1. The lowest BCUT2D eigenvalue weighted by Crippen LogP contribution is -2.50. The molecule has 1 aromatic rings. The van der Waals surface area contributed by atoms with Crippen molar-refractivity contribution in [3.05, 3.63) is 35.9 Å². The molecule has 5 nitrogen and oxygen atoms in total. The first-order valence-corrected chi connectivity index (χ1v) is 6.90. The Morgan fingerprint density at radius 2 is 1.95 bits per heavy atom. The first-order valence-electron chi connectivity index (χ1n) is 6.90. The zero-order valence-corrected chi connectivity index (χ0v) is 11.8. The fourth-order valence-corrected chi connectivity index (χ4v) is 2.65. The van der Waals surface area contributed by atoms with Crippen LogP contribution in [0.4, 0.5) is 0 Å². The van der Waals surface area contributed by atoms with Crippen molar-refractivity contribution in [2.45, 2.75) is 19.4 Å². The minimum Gasteiger partial charge on any atom is -0.370 e. The summed E-state index contributed by atoms with van der Waals surface area (Å²) in [5.74, 6) is -0.191. The summed E-state index contributed by atoms with van der Waals surface area (Å²) in [6.07, 6.45) is 0.363. The molecule has 0 aromatic heterocycles. The van der Waals surface area contributed by atoms with Crippen LogP contribution in [0.2, 0.25) is 0 Å². The van der Waals surface area contributed by atoms with E-state index in [1.54, 1.807) is 6.92 Å². The summed E-state index contributed by atoms with van der Waals surface area (Å²) in [5.41, 5.74) is 6.33. The summed E-state index contributed by atoms with van der Waals surface area (Å²) >= 11 is 0. The van der Waals surface area contributed by atoms with Crippen LogP contribution in [0.1, 0.15) is 24.9 Å². The van der Waals surface area contributed by atoms with Gasteiger partial charge in [-0.15, -0.1) is 0 Å². The molecule has 0 aliphatic carbocycles. The van der Waals surface area contributed by atoms with Crippen LogP contribution in [0.25, 0.3) is 0 Å². The van der Waals surface area contributed by atoms with Gasteiger partial charge in [-0.3, -0.25) is 14.5 Å². The fraction of sp³-hybridized carbons (Fsp3) is 0.467. The molecule has 0 radical (unpaired) electrons. The second-order valence-electron chi connectivity index (χ2n) is 5.16. The Kier molecular flexibility index (Phi) is 4.74. The van der Waals surface area contributed by atoms with Crippen LogP contribution in [0, 0.1) is 0 Å². The van der Waals surface area contributed by atoms with E-state index in [4.69, 9.17) is 5.73 Å². The number of benzene rings is 1. The maximum Gasteiger partial charge on any atom is 0.220 e. The third-order valence-corrected chi connectivity index (χ3v) is 3.73. The molecule has 108 valence electrons. The van der Waals surface area contributed by atoms with E-state index in [1.165, 1.54) is 0 Å². The van der Waals surface area contributed by atoms with Crippen molar-refractivity contribution in [3.63, 3.8) is 0 Å². The normalized spacial score (nSPS) is 19.9. The zero-order chi connectivity index (χ0) is 14.5. The van der Waals surface area contributed by atoms with Gasteiger partial charge >= 0.3 is 0 Å². The lowest BCUT2D eigenvalue weighted by molar-refractivity contribution is -0.134. The first kappa shape index (κ1) is 14.5. The molecule has 0 spiro atoms. The van der Waals surface area contributed by atoms with Gasteiger partial charge in [-0.05, 0) is 5.56 Å². The minimum absolute atomic E-state index is 0.0512. The molecular formula is C15H21N3O2. The maximum atomic E-state index is 11.8. The third kappa shape index (κ3) is 3.57. The first-order chi connectivity index (χ1) is 9.58. The molecule has 2 N–H and O–H groups in total. The van der Waals surface area contributed by atoms with Gasteiger partial charge in [-0.25, -0.2) is 0 Å². The molecule has 2 amide bonds. The van der Waals surface area contributed by atoms with Gasteiger partial charge in [0.25, 0.3) is 0 Å². The van der Waals surface area contributed by atoms with Crippen molar-refractivity contribution in [1.82, 2.24) is 9.80 Å². The van der Waals surface area contributed by atoms with Gasteiger partial charge in [0.2, 0.25) is 11.8 Å². The number of carbonyl (C=O) groups is 2. The van der Waals surface area contributed by atoms with Crippen LogP contribution in [0.15, 0.2) is 30.3 Å². The van der Waals surface area contributed by atoms with E-state index >= 15 is 0 Å². The van der Waals surface area contributed by atoms with Gasteiger partial charge in [-0.2, -0.15) is 0 Å². The Morgan fingerprint density at radius 1 is 1.25 bits per heavy atom. The average molecular weight is 275 g/mol. The molecule has 1 aromatic carbocycles. The van der Waals surface area contributed by atoms with E-state index in [1.807, 2.05) is 35.2 Å². The van der Waals surface area contributed by atoms with Crippen molar-refractivity contribution >= 4 is 11.8 Å². The van der Waals surface area contributed by atoms with Crippen LogP contribution < -0.4 is 5.73 Å². The summed E-state index contributed by atoms with van der Waals surface area (Å²) in [6.45, 7) is 4.49. The van der Waals surface area contributed by atoms with Crippen LogP contribution in [0.3, 0.4) is 0 Å². The van der Waals surface area contributed by atoms with Crippen LogP contribution in [-0.2, 0) is 9.59 Å². The van der Waals surface area contributed by atoms with Crippen molar-refractivity contribution in [2.24, 2.45) is 5.73 Å². The molecule has 1 saturated heterocycles. The van der Waals surface area contributed by atoms with Gasteiger partial charge in [0.1, 0.15) is 0 Å². The Morgan fingerprint density at radius 3 is 2.55 bits per heavy atom. The maximum absolute atomic E-state index is 11.8. The highest BCUT2D eigenvalue weighted by atomic mass is 16.2. The van der Waals surface area contributed by atoms with Gasteiger partial charge in [-0.1, -0.05) is 30.3 Å². The molecular weight excluding hydrogens is 254 g/mol. The summed E-state index contributed by atoms with van der Waals surface area (Å²) in [6, 6.07) is 10.1. The minimum atomic E-state index is -0.282. The third-order valence-electron chi connectivity index (χ3n) is 3.73. The van der Waals surface area contributed by atoms with Gasteiger partial charge < -0.3 is 10.6 Å². The summed E-state index contributed by atoms with van der Waals surface area (Å²) in [4.78, 5) is 26.8. The molecule has 5 heteroatoms. The standard InChI is InChI=1S/C15H21N3O2/c1-12(19)18-10-9-17(8-7-15(16)20)11-14(18)13-5-3-2-4-6-13/h2-6,14H,7-11H2,1H3,(H2,16,20)/t14-/m1/s1. The summed E-state index contributed by atoms with van der Waals surface area (Å²) < 4.78 is 0. The number of nitrogens with two attached hydrogens (primary N) is 1. The number of hydrogen-bond donors (Lipinski definition) is 1. The van der Waals surface area contributed by atoms with Crippen LogP contribution >= 0.6 is 0 Å². The molecule has 1 aliphatic rings. The topological polar surface area (TPSA) is 66.6 Å². The van der Waals surface area contributed by atoms with E-state index in [9.17, 15) is 9.59 Å². The van der Waals surface area contributed by atoms with E-state index < -0.39 is 0 Å². The number of primary amides is 1. The molecule has 20 heavy (non-hydrogen) atoms. The second kappa shape index (κ2) is 6.52. The summed E-state index contributed by atoms with van der Waals surface area (Å²) in [5, 5.41) is 0. The molecule has 0 unspecified atom stereocenters. The summed E-state index contributed by atoms with van der Waals surface area (Å²) in [7, 11) is 0. The van der Waals surface area contributed by atoms with Crippen LogP contribution in [-0.4, -0.2) is 47.8 Å². The number of piperazine rings is 1. The molecule has 1 fully saturated rings. The molecule has 1 heterocycles. The number of amides is 2. The predicted molar refractivity (Wildman–Crippen MR) is 76.8 cm³/mol.